The minimum absolute atomic E-state index is 0.130. The highest BCUT2D eigenvalue weighted by atomic mass is 35.5. The molecule has 2 atom stereocenters. The van der Waals surface area contributed by atoms with Crippen molar-refractivity contribution in [2.75, 3.05) is 0 Å². The van der Waals surface area contributed by atoms with Crippen LogP contribution in [-0.4, -0.2) is 18.0 Å². The van der Waals surface area contributed by atoms with Crippen molar-refractivity contribution in [1.29, 1.82) is 0 Å². The molecule has 2 rings (SSSR count). The Kier molecular flexibility index (Phi) is 3.82. The van der Waals surface area contributed by atoms with Crippen molar-refractivity contribution in [1.82, 2.24) is 5.32 Å². The van der Waals surface area contributed by atoms with Gasteiger partial charge in [0, 0.05) is 12.1 Å². The number of nitrogens with two attached hydrogens (primary N) is 1. The maximum Gasteiger partial charge on any atom is 0.254 e. The van der Waals surface area contributed by atoms with E-state index in [2.05, 4.69) is 5.32 Å². The third-order valence-corrected chi connectivity index (χ3v) is 3.43. The minimum Gasteiger partial charge on any atom is -0.348 e. The van der Waals surface area contributed by atoms with Crippen molar-refractivity contribution in [3.8, 4) is 0 Å². The molecule has 3 N–H and O–H groups in total. The van der Waals surface area contributed by atoms with Gasteiger partial charge in [0.05, 0.1) is 10.6 Å². The third kappa shape index (κ3) is 2.62. The summed E-state index contributed by atoms with van der Waals surface area (Å²) in [4.78, 5) is 11.8. The Morgan fingerprint density at radius 2 is 2.06 bits per heavy atom. The van der Waals surface area contributed by atoms with E-state index < -0.39 is 17.5 Å². The van der Waals surface area contributed by atoms with Crippen LogP contribution in [0.15, 0.2) is 12.1 Å². The van der Waals surface area contributed by atoms with Crippen LogP contribution in [0.1, 0.15) is 29.6 Å². The summed E-state index contributed by atoms with van der Waals surface area (Å²) in [6, 6.07) is 1.28. The predicted octanol–water partition coefficient (Wildman–Crippen LogP) is 2.23. The van der Waals surface area contributed by atoms with E-state index in [0.29, 0.717) is 0 Å². The average Bonchev–Trinajstić information content (AvgIpc) is 2.69. The molecule has 1 aromatic carbocycles. The molecule has 0 heterocycles. The molecule has 0 spiro atoms. The van der Waals surface area contributed by atoms with E-state index in [1.807, 2.05) is 0 Å². The van der Waals surface area contributed by atoms with Crippen LogP contribution >= 0.6 is 11.6 Å². The summed E-state index contributed by atoms with van der Waals surface area (Å²) in [6.45, 7) is 0. The van der Waals surface area contributed by atoms with Crippen molar-refractivity contribution in [2.24, 2.45) is 5.73 Å². The van der Waals surface area contributed by atoms with Gasteiger partial charge in [-0.05, 0) is 31.4 Å². The van der Waals surface area contributed by atoms with Crippen molar-refractivity contribution in [3.63, 3.8) is 0 Å². The van der Waals surface area contributed by atoms with E-state index in [-0.39, 0.29) is 22.7 Å². The molecule has 98 valence electrons. The Hall–Kier alpha value is -1.20. The largest absolute Gasteiger partial charge is 0.348 e. The first-order valence-electron chi connectivity index (χ1n) is 5.70. The van der Waals surface area contributed by atoms with E-state index in [9.17, 15) is 13.6 Å². The number of hydrogen-bond acceptors (Lipinski definition) is 2. The monoisotopic (exact) mass is 274 g/mol. The molecule has 0 bridgehead atoms. The maximum atomic E-state index is 13.5. The lowest BCUT2D eigenvalue weighted by Crippen LogP contribution is -2.44. The van der Waals surface area contributed by atoms with Crippen molar-refractivity contribution >= 4 is 17.5 Å². The lowest BCUT2D eigenvalue weighted by Gasteiger charge is -2.17. The number of nitrogens with one attached hydrogen (secondary N) is 1. The van der Waals surface area contributed by atoms with Crippen molar-refractivity contribution < 1.29 is 13.6 Å². The lowest BCUT2D eigenvalue weighted by atomic mass is 10.1. The summed E-state index contributed by atoms with van der Waals surface area (Å²) in [7, 11) is 0. The van der Waals surface area contributed by atoms with Crippen LogP contribution in [-0.2, 0) is 0 Å². The summed E-state index contributed by atoms with van der Waals surface area (Å²) in [5.74, 6) is -2.32. The molecular formula is C12H13ClF2N2O. The highest BCUT2D eigenvalue weighted by Gasteiger charge is 2.26. The normalized spacial score (nSPS) is 23.1. The van der Waals surface area contributed by atoms with Crippen LogP contribution in [0, 0.1) is 11.6 Å². The van der Waals surface area contributed by atoms with Gasteiger partial charge in [-0.2, -0.15) is 0 Å². The fourth-order valence-corrected chi connectivity index (χ4v) is 2.26. The van der Waals surface area contributed by atoms with Gasteiger partial charge in [-0.1, -0.05) is 11.6 Å². The second-order valence-electron chi connectivity index (χ2n) is 4.42. The van der Waals surface area contributed by atoms with Gasteiger partial charge in [0.1, 0.15) is 11.6 Å². The van der Waals surface area contributed by atoms with E-state index in [4.69, 9.17) is 17.3 Å². The molecule has 2 unspecified atom stereocenters. The smallest absolute Gasteiger partial charge is 0.254 e. The molecule has 1 saturated carbocycles. The van der Waals surface area contributed by atoms with E-state index in [0.717, 1.165) is 31.4 Å². The zero-order valence-corrected chi connectivity index (χ0v) is 10.3. The van der Waals surface area contributed by atoms with E-state index >= 15 is 0 Å². The maximum absolute atomic E-state index is 13.5. The summed E-state index contributed by atoms with van der Waals surface area (Å²) < 4.78 is 26.7. The van der Waals surface area contributed by atoms with Crippen LogP contribution in [0.5, 0.6) is 0 Å². The van der Waals surface area contributed by atoms with Gasteiger partial charge in [-0.25, -0.2) is 8.78 Å². The van der Waals surface area contributed by atoms with Gasteiger partial charge in [0.25, 0.3) is 5.91 Å². The highest BCUT2D eigenvalue weighted by Crippen LogP contribution is 2.21. The van der Waals surface area contributed by atoms with Gasteiger partial charge in [-0.3, -0.25) is 4.79 Å². The average molecular weight is 275 g/mol. The van der Waals surface area contributed by atoms with Gasteiger partial charge in [0.2, 0.25) is 0 Å². The highest BCUT2D eigenvalue weighted by molar-refractivity contribution is 6.30. The number of carbonyl (C=O) groups excluding carboxylic acids is 1. The van der Waals surface area contributed by atoms with Gasteiger partial charge in [0.15, 0.2) is 0 Å². The van der Waals surface area contributed by atoms with Crippen LogP contribution in [0.4, 0.5) is 8.78 Å². The standard InChI is InChI=1S/C12H13ClF2N2O/c13-7-5-8(14)6(4-9(7)15)12(18)17-11-3-1-2-10(11)16/h4-5,10-11H,1-3,16H2,(H,17,18). The summed E-state index contributed by atoms with van der Waals surface area (Å²) in [5.41, 5.74) is 5.44. The molecule has 1 fully saturated rings. The zero-order chi connectivity index (χ0) is 13.3. The summed E-state index contributed by atoms with van der Waals surface area (Å²) >= 11 is 5.42. The summed E-state index contributed by atoms with van der Waals surface area (Å²) in [5, 5.41) is 2.27. The van der Waals surface area contributed by atoms with Crippen LogP contribution in [0.25, 0.3) is 0 Å². The molecule has 0 aromatic heterocycles. The molecule has 1 aliphatic carbocycles. The Morgan fingerprint density at radius 1 is 1.33 bits per heavy atom. The quantitative estimate of drug-likeness (QED) is 0.813. The molecule has 1 aliphatic rings. The second kappa shape index (κ2) is 5.20. The molecular weight excluding hydrogens is 262 g/mol. The minimum atomic E-state index is -0.842. The van der Waals surface area contributed by atoms with Crippen molar-refractivity contribution in [2.45, 2.75) is 31.3 Å². The molecule has 1 amide bonds. The fraction of sp³-hybridized carbons (Fsp3) is 0.417. The lowest BCUT2D eigenvalue weighted by molar-refractivity contribution is 0.0930. The van der Waals surface area contributed by atoms with Crippen molar-refractivity contribution in [3.05, 3.63) is 34.4 Å². The molecule has 0 saturated heterocycles. The Morgan fingerprint density at radius 3 is 2.67 bits per heavy atom. The number of carbonyl (C=O) groups is 1. The van der Waals surface area contributed by atoms with Gasteiger partial charge < -0.3 is 11.1 Å². The zero-order valence-electron chi connectivity index (χ0n) is 9.55. The summed E-state index contributed by atoms with van der Waals surface area (Å²) in [6.07, 6.45) is 2.50. The number of benzene rings is 1. The number of hydrogen-bond donors (Lipinski definition) is 2. The first kappa shape index (κ1) is 13.2. The number of amides is 1. The molecule has 6 heteroatoms. The van der Waals surface area contributed by atoms with Crippen LogP contribution in [0.2, 0.25) is 5.02 Å². The Balaban J connectivity index is 2.16. The molecule has 18 heavy (non-hydrogen) atoms. The van der Waals surface area contributed by atoms with E-state index in [1.54, 1.807) is 0 Å². The Bertz CT molecular complexity index is 481. The number of halogens is 3. The predicted molar refractivity (Wildman–Crippen MR) is 64.4 cm³/mol. The van der Waals surface area contributed by atoms with Crippen LogP contribution in [0.3, 0.4) is 0 Å². The third-order valence-electron chi connectivity index (χ3n) is 3.14. The molecule has 1 aromatic rings. The molecule has 3 nitrogen and oxygen atoms in total. The SMILES string of the molecule is NC1CCCC1NC(=O)c1cc(F)c(Cl)cc1F. The van der Waals surface area contributed by atoms with Crippen LogP contribution < -0.4 is 11.1 Å². The topological polar surface area (TPSA) is 55.1 Å². The number of rotatable bonds is 2. The first-order chi connectivity index (χ1) is 8.49. The first-order valence-corrected chi connectivity index (χ1v) is 6.08. The molecule has 0 radical (unpaired) electrons. The van der Waals surface area contributed by atoms with Gasteiger partial charge >= 0.3 is 0 Å². The molecule has 0 aliphatic heterocycles. The Labute approximate surface area is 108 Å². The second-order valence-corrected chi connectivity index (χ2v) is 4.83. The van der Waals surface area contributed by atoms with E-state index in [1.165, 1.54) is 0 Å². The van der Waals surface area contributed by atoms with Gasteiger partial charge in [-0.15, -0.1) is 0 Å². The fourth-order valence-electron chi connectivity index (χ4n) is 2.11.